The van der Waals surface area contributed by atoms with E-state index in [1.165, 1.54) is 20.3 Å². The van der Waals surface area contributed by atoms with E-state index in [0.717, 1.165) is 16.8 Å². The molecule has 0 unspecified atom stereocenters. The number of halogens is 2. The Morgan fingerprint density at radius 2 is 1.62 bits per heavy atom. The van der Waals surface area contributed by atoms with Crippen molar-refractivity contribution < 1.29 is 45.7 Å². The standard InChI is InChI=1S/C31H35F2N5O8S/c1-37(2)10-12-45-22-5-7-25(27(18-22)34-9-11-43-3)30(39)35-29-26-19-23(47(41,42)24-16-20(32)15-21(33)17-24)6-8-28(26)38(36-29)31(40)46-14-13-44-4/h5-8,15-19,34H,9-14H2,1-4H3,(H,35,36,39). The molecule has 1 amide bonds. The van der Waals surface area contributed by atoms with Crippen LogP contribution in [-0.4, -0.2) is 103 Å². The number of nitrogens with zero attached hydrogens (tertiary/aromatic N) is 3. The first-order valence-electron chi connectivity index (χ1n) is 14.3. The summed E-state index contributed by atoms with van der Waals surface area (Å²) in [7, 11) is 2.36. The molecule has 3 aromatic carbocycles. The van der Waals surface area contributed by atoms with Crippen molar-refractivity contribution in [1.29, 1.82) is 0 Å². The zero-order chi connectivity index (χ0) is 34.1. The SMILES string of the molecule is COCCNc1cc(OCCN(C)C)ccc1C(=O)Nc1nn(C(=O)OCCOC)c2ccc(S(=O)(=O)c3cc(F)cc(F)c3)cc12. The summed E-state index contributed by atoms with van der Waals surface area (Å²) in [5.41, 5.74) is 0.696. The molecule has 0 aliphatic rings. The lowest BCUT2D eigenvalue weighted by Crippen LogP contribution is -2.20. The first-order valence-corrected chi connectivity index (χ1v) is 15.8. The maximum absolute atomic E-state index is 13.9. The third-order valence-electron chi connectivity index (χ3n) is 6.69. The van der Waals surface area contributed by atoms with Gasteiger partial charge in [0.2, 0.25) is 9.84 Å². The molecule has 0 saturated carbocycles. The van der Waals surface area contributed by atoms with E-state index >= 15 is 0 Å². The van der Waals surface area contributed by atoms with Crippen molar-refractivity contribution in [3.8, 4) is 5.75 Å². The number of anilines is 2. The molecule has 0 spiro atoms. The summed E-state index contributed by atoms with van der Waals surface area (Å²) in [6, 6.07) is 10.3. The molecule has 0 bridgehead atoms. The average molecular weight is 676 g/mol. The molecular formula is C31H35F2N5O8S. The molecule has 0 fully saturated rings. The monoisotopic (exact) mass is 675 g/mol. The number of nitrogens with one attached hydrogen (secondary N) is 2. The molecule has 0 aliphatic heterocycles. The molecule has 4 aromatic rings. The molecule has 13 nitrogen and oxygen atoms in total. The van der Waals surface area contributed by atoms with Gasteiger partial charge in [-0.2, -0.15) is 4.68 Å². The van der Waals surface area contributed by atoms with Gasteiger partial charge in [-0.15, -0.1) is 5.10 Å². The second-order valence-electron chi connectivity index (χ2n) is 10.4. The molecule has 0 saturated heterocycles. The molecule has 252 valence electrons. The van der Waals surface area contributed by atoms with Crippen molar-refractivity contribution in [1.82, 2.24) is 14.7 Å². The number of fused-ring (bicyclic) bond motifs is 1. The molecule has 2 N–H and O–H groups in total. The molecular weight excluding hydrogens is 640 g/mol. The van der Waals surface area contributed by atoms with Crippen molar-refractivity contribution >= 4 is 44.2 Å². The third-order valence-corrected chi connectivity index (χ3v) is 8.42. The van der Waals surface area contributed by atoms with Gasteiger partial charge in [-0.05, 0) is 56.6 Å². The number of benzene rings is 3. The van der Waals surface area contributed by atoms with Gasteiger partial charge in [-0.1, -0.05) is 0 Å². The minimum atomic E-state index is -4.44. The molecule has 0 aliphatic carbocycles. The van der Waals surface area contributed by atoms with Crippen LogP contribution < -0.4 is 15.4 Å². The van der Waals surface area contributed by atoms with Crippen molar-refractivity contribution in [3.63, 3.8) is 0 Å². The fourth-order valence-electron chi connectivity index (χ4n) is 4.36. The first kappa shape index (κ1) is 35.2. The van der Waals surface area contributed by atoms with Crippen LogP contribution in [0.4, 0.5) is 25.1 Å². The van der Waals surface area contributed by atoms with E-state index in [1.807, 2.05) is 19.0 Å². The second kappa shape index (κ2) is 15.8. The summed E-state index contributed by atoms with van der Waals surface area (Å²) < 4.78 is 76.5. The van der Waals surface area contributed by atoms with E-state index in [1.54, 1.807) is 18.2 Å². The number of hydrogen-bond acceptors (Lipinski definition) is 11. The average Bonchev–Trinajstić information content (AvgIpc) is 3.38. The van der Waals surface area contributed by atoms with E-state index in [4.69, 9.17) is 18.9 Å². The first-order chi connectivity index (χ1) is 22.4. The molecule has 1 heterocycles. The summed E-state index contributed by atoms with van der Waals surface area (Å²) in [5, 5.41) is 10.1. The van der Waals surface area contributed by atoms with Crippen LogP contribution in [0.15, 0.2) is 64.4 Å². The number of rotatable bonds is 15. The Morgan fingerprint density at radius 3 is 2.30 bits per heavy atom. The summed E-state index contributed by atoms with van der Waals surface area (Å²) in [6.45, 7) is 1.80. The summed E-state index contributed by atoms with van der Waals surface area (Å²) in [6.07, 6.45) is -0.920. The van der Waals surface area contributed by atoms with Crippen LogP contribution >= 0.6 is 0 Å². The van der Waals surface area contributed by atoms with Crippen LogP contribution in [0, 0.1) is 11.6 Å². The molecule has 1 aromatic heterocycles. The van der Waals surface area contributed by atoms with Crippen molar-refractivity contribution in [2.75, 3.05) is 78.5 Å². The van der Waals surface area contributed by atoms with Crippen LogP contribution in [0.3, 0.4) is 0 Å². The van der Waals surface area contributed by atoms with E-state index in [-0.39, 0.29) is 40.4 Å². The van der Waals surface area contributed by atoms with Gasteiger partial charge < -0.3 is 34.5 Å². The van der Waals surface area contributed by atoms with Gasteiger partial charge in [0.05, 0.1) is 39.8 Å². The summed E-state index contributed by atoms with van der Waals surface area (Å²) in [5.74, 6) is -2.46. The predicted octanol–water partition coefficient (Wildman–Crippen LogP) is 4.03. The second-order valence-corrected chi connectivity index (χ2v) is 12.3. The zero-order valence-corrected chi connectivity index (χ0v) is 27.0. The number of aromatic nitrogens is 2. The number of amides is 1. The van der Waals surface area contributed by atoms with E-state index in [0.29, 0.717) is 55.9 Å². The highest BCUT2D eigenvalue weighted by Gasteiger charge is 2.25. The Labute approximate surface area is 270 Å². The number of carbonyl (C=O) groups excluding carboxylic acids is 2. The minimum absolute atomic E-state index is 0.0394. The molecule has 4 rings (SSSR count). The van der Waals surface area contributed by atoms with Gasteiger partial charge in [0.15, 0.2) is 5.82 Å². The lowest BCUT2D eigenvalue weighted by atomic mass is 10.1. The number of likely N-dealkylation sites (N-methyl/N-ethyl adjacent to an activating group) is 1. The van der Waals surface area contributed by atoms with Gasteiger partial charge in [-0.3, -0.25) is 4.79 Å². The number of methoxy groups -OCH3 is 2. The zero-order valence-electron chi connectivity index (χ0n) is 26.2. The van der Waals surface area contributed by atoms with Crippen LogP contribution in [0.1, 0.15) is 10.4 Å². The number of sulfone groups is 1. The lowest BCUT2D eigenvalue weighted by Gasteiger charge is -2.15. The van der Waals surface area contributed by atoms with Crippen LogP contribution in [0.25, 0.3) is 10.9 Å². The van der Waals surface area contributed by atoms with Gasteiger partial charge in [0, 0.05) is 44.8 Å². The van der Waals surface area contributed by atoms with Gasteiger partial charge in [-0.25, -0.2) is 22.0 Å². The highest BCUT2D eigenvalue weighted by atomic mass is 32.2. The predicted molar refractivity (Wildman–Crippen MR) is 169 cm³/mol. The van der Waals surface area contributed by atoms with Crippen molar-refractivity contribution in [3.05, 3.63) is 71.8 Å². The topological polar surface area (TPSA) is 150 Å². The Balaban J connectivity index is 1.75. The summed E-state index contributed by atoms with van der Waals surface area (Å²) in [4.78, 5) is 27.6. The number of carbonyl (C=O) groups is 2. The quantitative estimate of drug-likeness (QED) is 0.176. The number of hydrogen-bond donors (Lipinski definition) is 2. The van der Waals surface area contributed by atoms with E-state index in [2.05, 4.69) is 15.7 Å². The fourth-order valence-corrected chi connectivity index (χ4v) is 5.68. The Hall–Kier alpha value is -4.64. The fraction of sp³-hybridized carbons (Fsp3) is 0.323. The third kappa shape index (κ3) is 8.79. The lowest BCUT2D eigenvalue weighted by molar-refractivity contribution is 0.0980. The van der Waals surface area contributed by atoms with Crippen LogP contribution in [-0.2, 0) is 24.0 Å². The highest BCUT2D eigenvalue weighted by molar-refractivity contribution is 7.91. The molecule has 0 radical (unpaired) electrons. The Morgan fingerprint density at radius 1 is 0.894 bits per heavy atom. The Kier molecular flexibility index (Phi) is 11.8. The molecule has 0 atom stereocenters. The number of ether oxygens (including phenoxy) is 4. The van der Waals surface area contributed by atoms with Crippen molar-refractivity contribution in [2.45, 2.75) is 9.79 Å². The van der Waals surface area contributed by atoms with Gasteiger partial charge in [0.25, 0.3) is 5.91 Å². The van der Waals surface area contributed by atoms with Gasteiger partial charge in [0.1, 0.15) is 30.6 Å². The maximum atomic E-state index is 13.9. The van der Waals surface area contributed by atoms with Gasteiger partial charge >= 0.3 is 6.09 Å². The van der Waals surface area contributed by atoms with Crippen LogP contribution in [0.5, 0.6) is 5.75 Å². The maximum Gasteiger partial charge on any atom is 0.435 e. The van der Waals surface area contributed by atoms with Crippen LogP contribution in [0.2, 0.25) is 0 Å². The molecule has 16 heteroatoms. The van der Waals surface area contributed by atoms with E-state index in [9.17, 15) is 26.8 Å². The van der Waals surface area contributed by atoms with Crippen molar-refractivity contribution in [2.24, 2.45) is 0 Å². The normalized spacial score (nSPS) is 11.6. The molecule has 47 heavy (non-hydrogen) atoms. The Bertz CT molecular complexity index is 1830. The summed E-state index contributed by atoms with van der Waals surface area (Å²) >= 11 is 0. The van der Waals surface area contributed by atoms with E-state index < -0.39 is 38.4 Å². The smallest absolute Gasteiger partial charge is 0.435 e. The highest BCUT2D eigenvalue weighted by Crippen LogP contribution is 2.31. The minimum Gasteiger partial charge on any atom is -0.492 e. The largest absolute Gasteiger partial charge is 0.492 e.